The number of aromatic nitrogens is 3. The summed E-state index contributed by atoms with van der Waals surface area (Å²) < 4.78 is 5.95. The number of amides is 1. The average molecular weight is 286 g/mol. The Labute approximate surface area is 122 Å². The van der Waals surface area contributed by atoms with Gasteiger partial charge in [-0.05, 0) is 18.4 Å². The van der Waals surface area contributed by atoms with Crippen LogP contribution in [0.4, 0.5) is 0 Å². The summed E-state index contributed by atoms with van der Waals surface area (Å²) in [5.74, 6) is -0.592. The molecule has 6 nitrogen and oxygen atoms in total. The zero-order valence-electron chi connectivity index (χ0n) is 11.7. The molecule has 3 N–H and O–H groups in total. The highest BCUT2D eigenvalue weighted by molar-refractivity contribution is 5.96. The molecule has 1 fully saturated rings. The maximum Gasteiger partial charge on any atom is 0.271 e. The molecule has 0 aliphatic heterocycles. The van der Waals surface area contributed by atoms with E-state index >= 15 is 0 Å². The fourth-order valence-corrected chi connectivity index (χ4v) is 2.73. The SMILES string of the molecule is NC(=O)c1n[nH]nc1-c1ccccc1COC1CCCC1. The normalized spacial score (nSPS) is 15.4. The van der Waals surface area contributed by atoms with Gasteiger partial charge in [-0.2, -0.15) is 15.4 Å². The van der Waals surface area contributed by atoms with E-state index in [9.17, 15) is 4.79 Å². The summed E-state index contributed by atoms with van der Waals surface area (Å²) in [7, 11) is 0. The molecule has 0 saturated heterocycles. The number of hydrogen-bond acceptors (Lipinski definition) is 4. The minimum absolute atomic E-state index is 0.156. The molecule has 1 saturated carbocycles. The molecule has 0 unspecified atom stereocenters. The van der Waals surface area contributed by atoms with Gasteiger partial charge in [0.15, 0.2) is 5.69 Å². The van der Waals surface area contributed by atoms with Gasteiger partial charge in [-0.1, -0.05) is 37.1 Å². The fourth-order valence-electron chi connectivity index (χ4n) is 2.73. The Morgan fingerprint density at radius 1 is 1.29 bits per heavy atom. The molecule has 6 heteroatoms. The van der Waals surface area contributed by atoms with Gasteiger partial charge in [-0.15, -0.1) is 0 Å². The Kier molecular flexibility index (Phi) is 3.96. The number of benzene rings is 1. The summed E-state index contributed by atoms with van der Waals surface area (Å²) in [6, 6.07) is 7.72. The van der Waals surface area contributed by atoms with Crippen LogP contribution >= 0.6 is 0 Å². The number of rotatable bonds is 5. The lowest BCUT2D eigenvalue weighted by Gasteiger charge is -2.13. The third-order valence-electron chi connectivity index (χ3n) is 3.83. The standard InChI is InChI=1S/C15H18N4O2/c16-15(20)14-13(17-19-18-14)12-8-4-1-5-10(12)9-21-11-6-2-3-7-11/h1,4-5,8,11H,2-3,6-7,9H2,(H2,16,20)(H,17,18,19). The monoisotopic (exact) mass is 286 g/mol. The zero-order chi connectivity index (χ0) is 14.7. The van der Waals surface area contributed by atoms with Crippen LogP contribution in [0.2, 0.25) is 0 Å². The van der Waals surface area contributed by atoms with Gasteiger partial charge in [0, 0.05) is 5.56 Å². The molecule has 2 aromatic rings. The molecule has 0 bridgehead atoms. The number of ether oxygens (including phenoxy) is 1. The van der Waals surface area contributed by atoms with Gasteiger partial charge >= 0.3 is 0 Å². The number of carbonyl (C=O) groups is 1. The number of hydrogen-bond donors (Lipinski definition) is 2. The van der Waals surface area contributed by atoms with Crippen LogP contribution in [0.25, 0.3) is 11.3 Å². The summed E-state index contributed by atoms with van der Waals surface area (Å²) in [5.41, 5.74) is 7.78. The van der Waals surface area contributed by atoms with Crippen LogP contribution in [0.3, 0.4) is 0 Å². The number of nitrogens with two attached hydrogens (primary N) is 1. The van der Waals surface area contributed by atoms with Crippen LogP contribution in [0.15, 0.2) is 24.3 Å². The topological polar surface area (TPSA) is 93.9 Å². The molecule has 1 aromatic heterocycles. The van der Waals surface area contributed by atoms with E-state index in [1.54, 1.807) is 0 Å². The van der Waals surface area contributed by atoms with E-state index in [-0.39, 0.29) is 5.69 Å². The van der Waals surface area contributed by atoms with Crippen molar-refractivity contribution in [3.63, 3.8) is 0 Å². The number of primary amides is 1. The van der Waals surface area contributed by atoms with Crippen molar-refractivity contribution in [2.45, 2.75) is 38.4 Å². The second kappa shape index (κ2) is 6.05. The first kappa shape index (κ1) is 13.8. The van der Waals surface area contributed by atoms with Gasteiger partial charge in [-0.25, -0.2) is 0 Å². The first-order valence-electron chi connectivity index (χ1n) is 7.16. The predicted octanol–water partition coefficient (Wildman–Crippen LogP) is 2.03. The summed E-state index contributed by atoms with van der Waals surface area (Å²) in [5, 5.41) is 10.3. The Hall–Kier alpha value is -2.21. The lowest BCUT2D eigenvalue weighted by molar-refractivity contribution is 0.0459. The van der Waals surface area contributed by atoms with Crippen molar-refractivity contribution in [1.29, 1.82) is 0 Å². The number of H-pyrrole nitrogens is 1. The number of carbonyl (C=O) groups excluding carboxylic acids is 1. The van der Waals surface area contributed by atoms with E-state index in [0.717, 1.165) is 24.0 Å². The Morgan fingerprint density at radius 3 is 2.81 bits per heavy atom. The predicted molar refractivity (Wildman–Crippen MR) is 77.4 cm³/mol. The van der Waals surface area contributed by atoms with Gasteiger partial charge in [0.2, 0.25) is 0 Å². The van der Waals surface area contributed by atoms with Gasteiger partial charge in [0.1, 0.15) is 5.69 Å². The van der Waals surface area contributed by atoms with Crippen LogP contribution in [0, 0.1) is 0 Å². The van der Waals surface area contributed by atoms with E-state index < -0.39 is 5.91 Å². The van der Waals surface area contributed by atoms with Crippen molar-refractivity contribution < 1.29 is 9.53 Å². The highest BCUT2D eigenvalue weighted by atomic mass is 16.5. The highest BCUT2D eigenvalue weighted by Gasteiger charge is 2.19. The van der Waals surface area contributed by atoms with Crippen molar-refractivity contribution in [2.75, 3.05) is 0 Å². The second-order valence-electron chi connectivity index (χ2n) is 5.26. The maximum atomic E-state index is 11.4. The number of nitrogens with one attached hydrogen (secondary N) is 1. The lowest BCUT2D eigenvalue weighted by Crippen LogP contribution is -2.13. The summed E-state index contributed by atoms with van der Waals surface area (Å²) >= 11 is 0. The van der Waals surface area contributed by atoms with Crippen molar-refractivity contribution in [1.82, 2.24) is 15.4 Å². The third-order valence-corrected chi connectivity index (χ3v) is 3.83. The van der Waals surface area contributed by atoms with E-state index in [1.165, 1.54) is 12.8 Å². The molecular weight excluding hydrogens is 268 g/mol. The molecule has 0 spiro atoms. The minimum Gasteiger partial charge on any atom is -0.374 e. The summed E-state index contributed by atoms with van der Waals surface area (Å²) in [6.07, 6.45) is 5.06. The first-order valence-corrected chi connectivity index (χ1v) is 7.16. The van der Waals surface area contributed by atoms with Crippen LogP contribution < -0.4 is 5.73 Å². The van der Waals surface area contributed by atoms with Crippen LogP contribution in [-0.2, 0) is 11.3 Å². The summed E-state index contributed by atoms with van der Waals surface area (Å²) in [6.45, 7) is 0.506. The minimum atomic E-state index is -0.592. The van der Waals surface area contributed by atoms with Crippen LogP contribution in [0.5, 0.6) is 0 Å². The van der Waals surface area contributed by atoms with E-state index in [4.69, 9.17) is 10.5 Å². The molecular formula is C15H18N4O2. The number of aromatic amines is 1. The van der Waals surface area contributed by atoms with E-state index in [2.05, 4.69) is 15.4 Å². The maximum absolute atomic E-state index is 11.4. The Balaban J connectivity index is 1.84. The molecule has 3 rings (SSSR count). The zero-order valence-corrected chi connectivity index (χ0v) is 11.7. The smallest absolute Gasteiger partial charge is 0.271 e. The second-order valence-corrected chi connectivity index (χ2v) is 5.26. The van der Waals surface area contributed by atoms with Gasteiger partial charge in [-0.3, -0.25) is 4.79 Å². The molecule has 1 amide bonds. The Morgan fingerprint density at radius 2 is 2.05 bits per heavy atom. The number of nitrogens with zero attached hydrogens (tertiary/aromatic N) is 2. The first-order chi connectivity index (χ1) is 10.3. The molecule has 1 aliphatic carbocycles. The van der Waals surface area contributed by atoms with Crippen molar-refractivity contribution in [2.24, 2.45) is 5.73 Å². The molecule has 0 radical (unpaired) electrons. The molecule has 1 heterocycles. The quantitative estimate of drug-likeness (QED) is 0.879. The summed E-state index contributed by atoms with van der Waals surface area (Å²) in [4.78, 5) is 11.4. The molecule has 110 valence electrons. The highest BCUT2D eigenvalue weighted by Crippen LogP contribution is 2.27. The van der Waals surface area contributed by atoms with Crippen molar-refractivity contribution in [3.8, 4) is 11.3 Å². The van der Waals surface area contributed by atoms with Crippen LogP contribution in [-0.4, -0.2) is 27.4 Å². The fraction of sp³-hybridized carbons (Fsp3) is 0.400. The Bertz CT molecular complexity index is 632. The van der Waals surface area contributed by atoms with Gasteiger partial charge < -0.3 is 10.5 Å². The molecule has 1 aliphatic rings. The van der Waals surface area contributed by atoms with Crippen molar-refractivity contribution in [3.05, 3.63) is 35.5 Å². The average Bonchev–Trinajstić information content (AvgIpc) is 3.16. The largest absolute Gasteiger partial charge is 0.374 e. The van der Waals surface area contributed by atoms with Gasteiger partial charge in [0.05, 0.1) is 12.7 Å². The van der Waals surface area contributed by atoms with Crippen LogP contribution in [0.1, 0.15) is 41.7 Å². The molecule has 0 atom stereocenters. The van der Waals surface area contributed by atoms with Crippen molar-refractivity contribution >= 4 is 5.91 Å². The third kappa shape index (κ3) is 2.95. The molecule has 1 aromatic carbocycles. The molecule has 21 heavy (non-hydrogen) atoms. The van der Waals surface area contributed by atoms with E-state index in [1.807, 2.05) is 24.3 Å². The van der Waals surface area contributed by atoms with Gasteiger partial charge in [0.25, 0.3) is 5.91 Å². The van der Waals surface area contributed by atoms with E-state index in [0.29, 0.717) is 18.4 Å². The lowest BCUT2D eigenvalue weighted by atomic mass is 10.0.